The fourth-order valence-electron chi connectivity index (χ4n) is 3.10. The molecule has 3 rings (SSSR count). The molecule has 1 aliphatic rings. The van der Waals surface area contributed by atoms with Gasteiger partial charge in [0.25, 0.3) is 0 Å². The minimum absolute atomic E-state index is 0.0907. The predicted octanol–water partition coefficient (Wildman–Crippen LogP) is 3.44. The van der Waals surface area contributed by atoms with E-state index in [1.165, 1.54) is 4.31 Å². The van der Waals surface area contributed by atoms with E-state index >= 15 is 0 Å². The first-order chi connectivity index (χ1) is 12.6. The Labute approximate surface area is 154 Å². The molecule has 2 aromatic rings. The second-order valence-corrected chi connectivity index (χ2v) is 8.23. The maximum absolute atomic E-state index is 13.0. The van der Waals surface area contributed by atoms with E-state index in [9.17, 15) is 8.42 Å². The molecule has 0 aliphatic carbocycles. The highest BCUT2D eigenvalue weighted by atomic mass is 32.2. The lowest BCUT2D eigenvalue weighted by Gasteiger charge is -2.24. The molecular formula is C20H22N2O3S. The summed E-state index contributed by atoms with van der Waals surface area (Å²) in [5.41, 5.74) is 2.00. The van der Waals surface area contributed by atoms with Crippen molar-refractivity contribution in [2.24, 2.45) is 0 Å². The maximum atomic E-state index is 13.0. The van der Waals surface area contributed by atoms with Crippen LogP contribution in [0.4, 0.5) is 0 Å². The van der Waals surface area contributed by atoms with Gasteiger partial charge in [0.05, 0.1) is 17.1 Å². The molecule has 0 aromatic heterocycles. The molecule has 1 heterocycles. The third kappa shape index (κ3) is 4.31. The van der Waals surface area contributed by atoms with E-state index in [1.807, 2.05) is 48.5 Å². The molecule has 0 radical (unpaired) electrons. The highest BCUT2D eigenvalue weighted by Crippen LogP contribution is 2.24. The largest absolute Gasteiger partial charge is 0.377 e. The van der Waals surface area contributed by atoms with Crippen LogP contribution in [0.15, 0.2) is 59.5 Å². The fraction of sp³-hybridized carbons (Fsp3) is 0.350. The lowest BCUT2D eigenvalue weighted by Crippen LogP contribution is -2.38. The highest BCUT2D eigenvalue weighted by molar-refractivity contribution is 7.89. The maximum Gasteiger partial charge on any atom is 0.243 e. The number of benzene rings is 2. The van der Waals surface area contributed by atoms with Gasteiger partial charge in [-0.05, 0) is 36.1 Å². The Balaban J connectivity index is 1.82. The zero-order chi connectivity index (χ0) is 18.4. The van der Waals surface area contributed by atoms with Gasteiger partial charge >= 0.3 is 0 Å². The van der Waals surface area contributed by atoms with Crippen LogP contribution in [0.1, 0.15) is 19.3 Å². The van der Waals surface area contributed by atoms with E-state index in [4.69, 9.17) is 10.00 Å². The summed E-state index contributed by atoms with van der Waals surface area (Å²) < 4.78 is 33.0. The number of ether oxygens (including phenoxy) is 1. The predicted molar refractivity (Wildman–Crippen MR) is 99.8 cm³/mol. The second-order valence-electron chi connectivity index (χ2n) is 6.30. The van der Waals surface area contributed by atoms with Crippen molar-refractivity contribution in [1.82, 2.24) is 4.31 Å². The molecule has 0 bridgehead atoms. The molecule has 1 atom stereocenters. The van der Waals surface area contributed by atoms with Crippen molar-refractivity contribution in [3.8, 4) is 17.2 Å². The molecule has 0 N–H and O–H groups in total. The molecule has 5 nitrogen and oxygen atoms in total. The lowest BCUT2D eigenvalue weighted by molar-refractivity contribution is 0.0941. The van der Waals surface area contributed by atoms with Crippen molar-refractivity contribution in [1.29, 1.82) is 5.26 Å². The molecule has 136 valence electrons. The Morgan fingerprint density at radius 3 is 2.38 bits per heavy atom. The van der Waals surface area contributed by atoms with Crippen molar-refractivity contribution in [2.75, 3.05) is 19.7 Å². The second kappa shape index (κ2) is 8.45. The van der Waals surface area contributed by atoms with Crippen LogP contribution in [0.2, 0.25) is 0 Å². The Morgan fingerprint density at radius 2 is 1.77 bits per heavy atom. The summed E-state index contributed by atoms with van der Waals surface area (Å²) in [4.78, 5) is 0.244. The summed E-state index contributed by atoms with van der Waals surface area (Å²) in [5.74, 6) is 0. The average Bonchev–Trinajstić information content (AvgIpc) is 3.19. The SMILES string of the molecule is N#CCCN(CC1CCCO1)S(=O)(=O)c1ccc(-c2ccccc2)cc1. The summed E-state index contributed by atoms with van der Waals surface area (Å²) in [7, 11) is -3.66. The molecule has 0 saturated carbocycles. The van der Waals surface area contributed by atoms with Crippen LogP contribution in [-0.4, -0.2) is 38.5 Å². The van der Waals surface area contributed by atoms with Gasteiger partial charge in [0, 0.05) is 26.1 Å². The molecule has 1 saturated heterocycles. The number of nitriles is 1. The molecule has 1 aliphatic heterocycles. The number of hydrogen-bond donors (Lipinski definition) is 0. The summed E-state index contributed by atoms with van der Waals surface area (Å²) in [6, 6.07) is 18.7. The van der Waals surface area contributed by atoms with Gasteiger partial charge in [0.1, 0.15) is 0 Å². The van der Waals surface area contributed by atoms with E-state index in [2.05, 4.69) is 0 Å². The first-order valence-electron chi connectivity index (χ1n) is 8.75. The normalized spacial score (nSPS) is 17.3. The van der Waals surface area contributed by atoms with Crippen LogP contribution in [0.3, 0.4) is 0 Å². The molecule has 1 unspecified atom stereocenters. The minimum atomic E-state index is -3.66. The monoisotopic (exact) mass is 370 g/mol. The summed E-state index contributed by atoms with van der Waals surface area (Å²) in [6.45, 7) is 1.14. The first kappa shape index (κ1) is 18.6. The third-order valence-corrected chi connectivity index (χ3v) is 6.38. The standard InChI is InChI=1S/C20H22N2O3S/c21-13-5-14-22(16-19-8-4-15-25-19)26(23,24)20-11-9-18(10-12-20)17-6-2-1-3-7-17/h1-3,6-7,9-12,19H,4-5,8,14-16H2. The van der Waals surface area contributed by atoms with E-state index in [0.717, 1.165) is 24.0 Å². The Morgan fingerprint density at radius 1 is 1.08 bits per heavy atom. The summed E-state index contributed by atoms with van der Waals surface area (Å²) >= 11 is 0. The Kier molecular flexibility index (Phi) is 6.04. The van der Waals surface area contributed by atoms with Crippen LogP contribution in [0.25, 0.3) is 11.1 Å². The molecule has 0 spiro atoms. The van der Waals surface area contributed by atoms with Gasteiger partial charge in [-0.15, -0.1) is 0 Å². The summed E-state index contributed by atoms with van der Waals surface area (Å²) in [5, 5.41) is 8.87. The number of hydrogen-bond acceptors (Lipinski definition) is 4. The van der Waals surface area contributed by atoms with Crippen LogP contribution in [0.5, 0.6) is 0 Å². The van der Waals surface area contributed by atoms with Gasteiger partial charge < -0.3 is 4.74 Å². The van der Waals surface area contributed by atoms with Crippen LogP contribution < -0.4 is 0 Å². The number of nitrogens with zero attached hydrogens (tertiary/aromatic N) is 2. The van der Waals surface area contributed by atoms with Crippen LogP contribution in [-0.2, 0) is 14.8 Å². The summed E-state index contributed by atoms with van der Waals surface area (Å²) in [6.07, 6.45) is 1.87. The van der Waals surface area contributed by atoms with Gasteiger partial charge in [-0.2, -0.15) is 9.57 Å². The van der Waals surface area contributed by atoms with E-state index in [1.54, 1.807) is 12.1 Å². The Bertz CT molecular complexity index is 852. The van der Waals surface area contributed by atoms with Crippen molar-refractivity contribution >= 4 is 10.0 Å². The third-order valence-electron chi connectivity index (χ3n) is 4.50. The average molecular weight is 370 g/mol. The number of rotatable bonds is 7. The molecule has 1 fully saturated rings. The molecule has 2 aromatic carbocycles. The van der Waals surface area contributed by atoms with Crippen molar-refractivity contribution in [3.05, 3.63) is 54.6 Å². The number of sulfonamides is 1. The molecular weight excluding hydrogens is 348 g/mol. The van der Waals surface area contributed by atoms with Crippen molar-refractivity contribution in [2.45, 2.75) is 30.3 Å². The molecule has 6 heteroatoms. The topological polar surface area (TPSA) is 70.4 Å². The first-order valence-corrected chi connectivity index (χ1v) is 10.2. The van der Waals surface area contributed by atoms with E-state index in [-0.39, 0.29) is 24.0 Å². The van der Waals surface area contributed by atoms with Gasteiger partial charge in [-0.25, -0.2) is 8.42 Å². The molecule has 26 heavy (non-hydrogen) atoms. The van der Waals surface area contributed by atoms with Crippen molar-refractivity contribution < 1.29 is 13.2 Å². The smallest absolute Gasteiger partial charge is 0.243 e. The van der Waals surface area contributed by atoms with Gasteiger partial charge in [0.15, 0.2) is 0 Å². The van der Waals surface area contributed by atoms with Gasteiger partial charge in [0.2, 0.25) is 10.0 Å². The van der Waals surface area contributed by atoms with E-state index < -0.39 is 10.0 Å². The Hall–Kier alpha value is -2.20. The fourth-order valence-corrected chi connectivity index (χ4v) is 4.57. The zero-order valence-electron chi connectivity index (χ0n) is 14.5. The minimum Gasteiger partial charge on any atom is -0.377 e. The molecule has 0 amide bonds. The van der Waals surface area contributed by atoms with E-state index in [0.29, 0.717) is 13.2 Å². The van der Waals surface area contributed by atoms with Crippen LogP contribution >= 0.6 is 0 Å². The highest BCUT2D eigenvalue weighted by Gasteiger charge is 2.28. The van der Waals surface area contributed by atoms with Gasteiger partial charge in [-0.1, -0.05) is 42.5 Å². The lowest BCUT2D eigenvalue weighted by atomic mass is 10.1. The van der Waals surface area contributed by atoms with Crippen LogP contribution in [0, 0.1) is 11.3 Å². The van der Waals surface area contributed by atoms with Crippen molar-refractivity contribution in [3.63, 3.8) is 0 Å². The van der Waals surface area contributed by atoms with Gasteiger partial charge in [-0.3, -0.25) is 0 Å². The zero-order valence-corrected chi connectivity index (χ0v) is 15.4. The quantitative estimate of drug-likeness (QED) is 0.749.